The molecule has 21 heavy (non-hydrogen) atoms. The van der Waals surface area contributed by atoms with Crippen LogP contribution >= 0.6 is 11.6 Å². The Morgan fingerprint density at radius 3 is 2.43 bits per heavy atom. The third kappa shape index (κ3) is 3.64. The summed E-state index contributed by atoms with van der Waals surface area (Å²) in [5, 5.41) is 0.444. The van der Waals surface area contributed by atoms with E-state index >= 15 is 0 Å². The number of methoxy groups -OCH3 is 2. The van der Waals surface area contributed by atoms with E-state index in [2.05, 4.69) is 0 Å². The Hall–Kier alpha value is -2.26. The first kappa shape index (κ1) is 15.1. The molecule has 0 spiro atoms. The number of carbonyl (C=O) groups excluding carboxylic acids is 1. The summed E-state index contributed by atoms with van der Waals surface area (Å²) in [6.07, 6.45) is 3.20. The molecule has 3 nitrogen and oxygen atoms in total. The van der Waals surface area contributed by atoms with Gasteiger partial charge in [0, 0.05) is 5.56 Å². The number of ketones is 1. The van der Waals surface area contributed by atoms with E-state index < -0.39 is 0 Å². The standard InChI is InChI=1S/C17H15ClO3/c1-20-16-10-8-12(11-17(16)21-2)7-9-15(19)13-5-3-4-6-14(13)18/h3-11H,1-2H3. The molecule has 0 fully saturated rings. The van der Waals surface area contributed by atoms with Crippen molar-refractivity contribution in [3.05, 3.63) is 64.7 Å². The number of ether oxygens (including phenoxy) is 2. The molecule has 0 aliphatic rings. The Labute approximate surface area is 128 Å². The van der Waals surface area contributed by atoms with Crippen molar-refractivity contribution in [2.24, 2.45) is 0 Å². The number of hydrogen-bond acceptors (Lipinski definition) is 3. The van der Waals surface area contributed by atoms with Gasteiger partial charge in [-0.25, -0.2) is 0 Å². The molecule has 0 bridgehead atoms. The number of benzene rings is 2. The number of hydrogen-bond donors (Lipinski definition) is 0. The van der Waals surface area contributed by atoms with Crippen LogP contribution in [0, 0.1) is 0 Å². The minimum absolute atomic E-state index is 0.143. The third-order valence-electron chi connectivity index (χ3n) is 2.97. The molecular weight excluding hydrogens is 288 g/mol. The van der Waals surface area contributed by atoms with Gasteiger partial charge >= 0.3 is 0 Å². The highest BCUT2D eigenvalue weighted by atomic mass is 35.5. The van der Waals surface area contributed by atoms with Crippen LogP contribution in [-0.4, -0.2) is 20.0 Å². The number of allylic oxidation sites excluding steroid dienone is 1. The monoisotopic (exact) mass is 302 g/mol. The van der Waals surface area contributed by atoms with Gasteiger partial charge in [0.05, 0.1) is 19.2 Å². The highest BCUT2D eigenvalue weighted by molar-refractivity contribution is 6.34. The van der Waals surface area contributed by atoms with Gasteiger partial charge in [-0.05, 0) is 35.9 Å². The first-order chi connectivity index (χ1) is 10.2. The van der Waals surface area contributed by atoms with Gasteiger partial charge in [0.25, 0.3) is 0 Å². The largest absolute Gasteiger partial charge is 0.493 e. The van der Waals surface area contributed by atoms with E-state index in [-0.39, 0.29) is 5.78 Å². The van der Waals surface area contributed by atoms with Crippen LogP contribution in [0.25, 0.3) is 6.08 Å². The fourth-order valence-electron chi connectivity index (χ4n) is 1.88. The smallest absolute Gasteiger partial charge is 0.187 e. The topological polar surface area (TPSA) is 35.5 Å². The lowest BCUT2D eigenvalue weighted by Crippen LogP contribution is -1.95. The van der Waals surface area contributed by atoms with Crippen molar-refractivity contribution in [2.45, 2.75) is 0 Å². The lowest BCUT2D eigenvalue weighted by molar-refractivity contribution is 0.104. The molecular formula is C17H15ClO3. The van der Waals surface area contributed by atoms with Crippen molar-refractivity contribution >= 4 is 23.5 Å². The number of carbonyl (C=O) groups is 1. The first-order valence-corrected chi connectivity index (χ1v) is 6.72. The second kappa shape index (κ2) is 6.95. The van der Waals surface area contributed by atoms with E-state index in [0.717, 1.165) is 5.56 Å². The highest BCUT2D eigenvalue weighted by Crippen LogP contribution is 2.28. The highest BCUT2D eigenvalue weighted by Gasteiger charge is 2.06. The zero-order valence-electron chi connectivity index (χ0n) is 11.8. The molecule has 0 radical (unpaired) electrons. The molecule has 108 valence electrons. The van der Waals surface area contributed by atoms with Crippen molar-refractivity contribution in [2.75, 3.05) is 14.2 Å². The van der Waals surface area contributed by atoms with Gasteiger partial charge in [0.2, 0.25) is 0 Å². The van der Waals surface area contributed by atoms with Gasteiger partial charge in [-0.15, -0.1) is 0 Å². The van der Waals surface area contributed by atoms with Crippen LogP contribution < -0.4 is 9.47 Å². The third-order valence-corrected chi connectivity index (χ3v) is 3.30. The molecule has 2 aromatic rings. The summed E-state index contributed by atoms with van der Waals surface area (Å²) in [7, 11) is 3.15. The van der Waals surface area contributed by atoms with Crippen molar-refractivity contribution < 1.29 is 14.3 Å². The van der Waals surface area contributed by atoms with E-state index in [0.29, 0.717) is 22.1 Å². The Morgan fingerprint density at radius 2 is 1.76 bits per heavy atom. The summed E-state index contributed by atoms with van der Waals surface area (Å²) in [5.74, 6) is 1.12. The van der Waals surface area contributed by atoms with Crippen LogP contribution in [0.5, 0.6) is 11.5 Å². The maximum atomic E-state index is 12.1. The van der Waals surface area contributed by atoms with Gasteiger partial charge in [0.15, 0.2) is 17.3 Å². The second-order valence-electron chi connectivity index (χ2n) is 4.29. The van der Waals surface area contributed by atoms with Crippen molar-refractivity contribution in [3.63, 3.8) is 0 Å². The van der Waals surface area contributed by atoms with E-state index in [1.54, 1.807) is 56.7 Å². The molecule has 4 heteroatoms. The van der Waals surface area contributed by atoms with Crippen LogP contribution in [0.3, 0.4) is 0 Å². The van der Waals surface area contributed by atoms with E-state index in [1.165, 1.54) is 6.08 Å². The molecule has 0 aromatic heterocycles. The van der Waals surface area contributed by atoms with Crippen molar-refractivity contribution in [1.29, 1.82) is 0 Å². The molecule has 2 aromatic carbocycles. The zero-order chi connectivity index (χ0) is 15.2. The predicted octanol–water partition coefficient (Wildman–Crippen LogP) is 4.25. The van der Waals surface area contributed by atoms with Crippen LogP contribution in [-0.2, 0) is 0 Å². The van der Waals surface area contributed by atoms with Crippen LogP contribution in [0.4, 0.5) is 0 Å². The van der Waals surface area contributed by atoms with Gasteiger partial charge in [-0.3, -0.25) is 4.79 Å². The predicted molar refractivity (Wildman–Crippen MR) is 84.4 cm³/mol. The molecule has 0 unspecified atom stereocenters. The van der Waals surface area contributed by atoms with Gasteiger partial charge < -0.3 is 9.47 Å². The second-order valence-corrected chi connectivity index (χ2v) is 4.70. The number of rotatable bonds is 5. The summed E-state index contributed by atoms with van der Waals surface area (Å²) >= 11 is 6.00. The fourth-order valence-corrected chi connectivity index (χ4v) is 2.11. The molecule has 0 atom stereocenters. The van der Waals surface area contributed by atoms with Crippen LogP contribution in [0.15, 0.2) is 48.5 Å². The summed E-state index contributed by atoms with van der Waals surface area (Å²) in [6.45, 7) is 0. The van der Waals surface area contributed by atoms with E-state index in [4.69, 9.17) is 21.1 Å². The summed E-state index contributed by atoms with van der Waals surface area (Å²) in [4.78, 5) is 12.1. The Bertz CT molecular complexity index is 677. The quantitative estimate of drug-likeness (QED) is 0.612. The summed E-state index contributed by atoms with van der Waals surface area (Å²) in [6, 6.07) is 12.4. The average Bonchev–Trinajstić information content (AvgIpc) is 2.52. The SMILES string of the molecule is COc1ccc(C=CC(=O)c2ccccc2Cl)cc1OC. The molecule has 2 rings (SSSR count). The summed E-state index contributed by atoms with van der Waals surface area (Å²) < 4.78 is 10.4. The normalized spacial score (nSPS) is 10.6. The lowest BCUT2D eigenvalue weighted by Gasteiger charge is -2.07. The van der Waals surface area contributed by atoms with Crippen LogP contribution in [0.2, 0.25) is 5.02 Å². The average molecular weight is 303 g/mol. The summed E-state index contributed by atoms with van der Waals surface area (Å²) in [5.41, 5.74) is 1.32. The zero-order valence-corrected chi connectivity index (χ0v) is 12.6. The maximum absolute atomic E-state index is 12.1. The first-order valence-electron chi connectivity index (χ1n) is 6.34. The van der Waals surface area contributed by atoms with Gasteiger partial charge in [-0.2, -0.15) is 0 Å². The minimum atomic E-state index is -0.143. The molecule has 0 heterocycles. The van der Waals surface area contributed by atoms with E-state index in [1.807, 2.05) is 6.07 Å². The Kier molecular flexibility index (Phi) is 5.01. The molecule has 0 aliphatic carbocycles. The van der Waals surface area contributed by atoms with Crippen molar-refractivity contribution in [1.82, 2.24) is 0 Å². The maximum Gasteiger partial charge on any atom is 0.187 e. The Morgan fingerprint density at radius 1 is 1.05 bits per heavy atom. The fraction of sp³-hybridized carbons (Fsp3) is 0.118. The number of halogens is 1. The molecule has 0 aliphatic heterocycles. The molecule has 0 saturated carbocycles. The van der Waals surface area contributed by atoms with Gasteiger partial charge in [-0.1, -0.05) is 35.9 Å². The lowest BCUT2D eigenvalue weighted by atomic mass is 10.1. The molecule has 0 saturated heterocycles. The Balaban J connectivity index is 2.22. The van der Waals surface area contributed by atoms with Crippen molar-refractivity contribution in [3.8, 4) is 11.5 Å². The van der Waals surface area contributed by atoms with Crippen LogP contribution in [0.1, 0.15) is 15.9 Å². The minimum Gasteiger partial charge on any atom is -0.493 e. The van der Waals surface area contributed by atoms with E-state index in [9.17, 15) is 4.79 Å². The molecule has 0 amide bonds. The van der Waals surface area contributed by atoms with Gasteiger partial charge in [0.1, 0.15) is 0 Å². The molecule has 0 N–H and O–H groups in total.